The number of carbonyl (C=O) groups is 1. The van der Waals surface area contributed by atoms with Crippen LogP contribution in [0, 0.1) is 5.92 Å². The van der Waals surface area contributed by atoms with Crippen molar-refractivity contribution in [2.45, 2.75) is 44.4 Å². The predicted molar refractivity (Wildman–Crippen MR) is 87.9 cm³/mol. The molecule has 0 aliphatic heterocycles. The lowest BCUT2D eigenvalue weighted by Crippen LogP contribution is -2.39. The van der Waals surface area contributed by atoms with Gasteiger partial charge in [0.1, 0.15) is 0 Å². The first-order chi connectivity index (χ1) is 10.9. The fourth-order valence-corrected chi connectivity index (χ4v) is 2.61. The molecule has 0 bridgehead atoms. The van der Waals surface area contributed by atoms with Crippen LogP contribution in [0.5, 0.6) is 0 Å². The van der Waals surface area contributed by atoms with Crippen molar-refractivity contribution in [1.82, 2.24) is 10.2 Å². The lowest BCUT2D eigenvalue weighted by Gasteiger charge is -2.23. The molecule has 2 aliphatic rings. The van der Waals surface area contributed by atoms with Crippen molar-refractivity contribution in [2.24, 2.45) is 5.92 Å². The van der Waals surface area contributed by atoms with E-state index < -0.39 is 11.7 Å². The van der Waals surface area contributed by atoms with Crippen LogP contribution in [-0.2, 0) is 17.5 Å². The molecular weight excluding hydrogens is 341 g/mol. The molecule has 3 rings (SSSR count). The van der Waals surface area contributed by atoms with Crippen molar-refractivity contribution in [2.75, 3.05) is 13.1 Å². The van der Waals surface area contributed by atoms with Crippen LogP contribution in [-0.4, -0.2) is 29.9 Å². The number of halogens is 4. The van der Waals surface area contributed by atoms with Crippen LogP contribution in [0.25, 0.3) is 0 Å². The molecule has 0 heterocycles. The van der Waals surface area contributed by atoms with Crippen LogP contribution in [0.1, 0.15) is 36.8 Å². The monoisotopic (exact) mass is 362 g/mol. The molecule has 0 spiro atoms. The summed E-state index contributed by atoms with van der Waals surface area (Å²) in [7, 11) is 0. The van der Waals surface area contributed by atoms with E-state index in [1.807, 2.05) is 0 Å². The molecule has 1 aromatic rings. The molecule has 134 valence electrons. The van der Waals surface area contributed by atoms with E-state index in [4.69, 9.17) is 0 Å². The van der Waals surface area contributed by atoms with Gasteiger partial charge in [-0.25, -0.2) is 0 Å². The molecule has 0 unspecified atom stereocenters. The molecule has 0 saturated heterocycles. The maximum atomic E-state index is 12.6. The molecule has 1 N–H and O–H groups in total. The summed E-state index contributed by atoms with van der Waals surface area (Å²) in [5.41, 5.74) is 0.0806. The number of hydrogen-bond acceptors (Lipinski definition) is 2. The van der Waals surface area contributed by atoms with E-state index in [9.17, 15) is 18.0 Å². The highest BCUT2D eigenvalue weighted by Crippen LogP contribution is 2.31. The summed E-state index contributed by atoms with van der Waals surface area (Å²) >= 11 is 0. The minimum atomic E-state index is -4.32. The van der Waals surface area contributed by atoms with E-state index in [1.54, 1.807) is 4.90 Å². The fourth-order valence-electron chi connectivity index (χ4n) is 2.61. The predicted octanol–water partition coefficient (Wildman–Crippen LogP) is 3.62. The Labute approximate surface area is 146 Å². The van der Waals surface area contributed by atoms with Crippen molar-refractivity contribution in [3.63, 3.8) is 0 Å². The zero-order chi connectivity index (χ0) is 16.4. The molecule has 0 radical (unpaired) electrons. The van der Waals surface area contributed by atoms with Crippen molar-refractivity contribution in [3.05, 3.63) is 35.4 Å². The second-order valence-electron chi connectivity index (χ2n) is 6.52. The van der Waals surface area contributed by atoms with Crippen molar-refractivity contribution in [3.8, 4) is 0 Å². The van der Waals surface area contributed by atoms with Gasteiger partial charge in [0.25, 0.3) is 0 Å². The van der Waals surface area contributed by atoms with Crippen LogP contribution in [0.3, 0.4) is 0 Å². The SMILES string of the molecule is Cl.O=C(CNCC1CC1)N(Cc1ccc(C(F)(F)F)cc1)C1CC1. The van der Waals surface area contributed by atoms with Crippen molar-refractivity contribution >= 4 is 18.3 Å². The number of rotatable bonds is 7. The van der Waals surface area contributed by atoms with Crippen LogP contribution < -0.4 is 5.32 Å². The zero-order valence-corrected chi connectivity index (χ0v) is 14.1. The summed E-state index contributed by atoms with van der Waals surface area (Å²) in [6, 6.07) is 5.33. The Bertz CT molecular complexity index is 554. The highest BCUT2D eigenvalue weighted by molar-refractivity contribution is 5.85. The van der Waals surface area contributed by atoms with E-state index in [1.165, 1.54) is 25.0 Å². The van der Waals surface area contributed by atoms with E-state index in [2.05, 4.69) is 5.32 Å². The molecule has 0 aromatic heterocycles. The van der Waals surface area contributed by atoms with Crippen LogP contribution in [0.15, 0.2) is 24.3 Å². The first-order valence-corrected chi connectivity index (χ1v) is 8.10. The molecule has 2 fully saturated rings. The summed E-state index contributed by atoms with van der Waals surface area (Å²) in [6.45, 7) is 1.57. The van der Waals surface area contributed by atoms with Gasteiger partial charge >= 0.3 is 6.18 Å². The molecule has 1 amide bonds. The first-order valence-electron chi connectivity index (χ1n) is 8.10. The Kier molecular flexibility index (Phi) is 6.15. The van der Waals surface area contributed by atoms with Gasteiger partial charge in [0.15, 0.2) is 0 Å². The molecule has 2 aliphatic carbocycles. The van der Waals surface area contributed by atoms with E-state index >= 15 is 0 Å². The van der Waals surface area contributed by atoms with Gasteiger partial charge < -0.3 is 10.2 Å². The lowest BCUT2D eigenvalue weighted by atomic mass is 10.1. The second kappa shape index (κ2) is 7.74. The molecule has 7 heteroatoms. The van der Waals surface area contributed by atoms with Gasteiger partial charge in [-0.05, 0) is 55.8 Å². The number of alkyl halides is 3. The average molecular weight is 363 g/mol. The Morgan fingerprint density at radius 1 is 1.12 bits per heavy atom. The molecular formula is C17H22ClF3N2O. The maximum Gasteiger partial charge on any atom is 0.416 e. The van der Waals surface area contributed by atoms with Gasteiger partial charge in [-0.15, -0.1) is 12.4 Å². The van der Waals surface area contributed by atoms with E-state index in [0.29, 0.717) is 19.0 Å². The summed E-state index contributed by atoms with van der Waals surface area (Å²) in [5, 5.41) is 3.19. The molecule has 3 nitrogen and oxygen atoms in total. The standard InChI is InChI=1S/C17H21F3N2O.ClH/c18-17(19,20)14-5-3-13(4-6-14)11-22(15-7-8-15)16(23)10-21-9-12-1-2-12;/h3-6,12,15,21H,1-2,7-11H2;1H. The topological polar surface area (TPSA) is 32.3 Å². The molecule has 0 atom stereocenters. The number of nitrogens with zero attached hydrogens (tertiary/aromatic N) is 1. The van der Waals surface area contributed by atoms with Crippen molar-refractivity contribution in [1.29, 1.82) is 0 Å². The van der Waals surface area contributed by atoms with Crippen LogP contribution in [0.2, 0.25) is 0 Å². The summed E-state index contributed by atoms with van der Waals surface area (Å²) in [5.74, 6) is 0.750. The molecule has 2 saturated carbocycles. The van der Waals surface area contributed by atoms with Gasteiger partial charge in [0.05, 0.1) is 12.1 Å². The Morgan fingerprint density at radius 3 is 2.25 bits per heavy atom. The third-order valence-corrected chi connectivity index (χ3v) is 4.35. The zero-order valence-electron chi connectivity index (χ0n) is 13.3. The molecule has 24 heavy (non-hydrogen) atoms. The van der Waals surface area contributed by atoms with E-state index in [-0.39, 0.29) is 24.4 Å². The lowest BCUT2D eigenvalue weighted by molar-refractivity contribution is -0.137. The Morgan fingerprint density at radius 2 is 1.75 bits per heavy atom. The quantitative estimate of drug-likeness (QED) is 0.803. The Balaban J connectivity index is 0.00000208. The number of benzene rings is 1. The van der Waals surface area contributed by atoms with Gasteiger partial charge in [-0.2, -0.15) is 13.2 Å². The maximum absolute atomic E-state index is 12.6. The summed E-state index contributed by atoms with van der Waals surface area (Å²) in [6.07, 6.45) is 0.111. The number of nitrogens with one attached hydrogen (secondary N) is 1. The number of carbonyl (C=O) groups excluding carboxylic acids is 1. The van der Waals surface area contributed by atoms with Crippen LogP contribution >= 0.6 is 12.4 Å². The average Bonchev–Trinajstić information content (AvgIpc) is 3.36. The normalized spacial score (nSPS) is 17.3. The van der Waals surface area contributed by atoms with Gasteiger partial charge in [0.2, 0.25) is 5.91 Å². The highest BCUT2D eigenvalue weighted by atomic mass is 35.5. The second-order valence-corrected chi connectivity index (χ2v) is 6.52. The van der Waals surface area contributed by atoms with Gasteiger partial charge in [0, 0.05) is 12.6 Å². The third kappa shape index (κ3) is 5.38. The fraction of sp³-hybridized carbons (Fsp3) is 0.588. The van der Waals surface area contributed by atoms with Crippen molar-refractivity contribution < 1.29 is 18.0 Å². The van der Waals surface area contributed by atoms with Gasteiger partial charge in [-0.3, -0.25) is 4.79 Å². The van der Waals surface area contributed by atoms with Gasteiger partial charge in [-0.1, -0.05) is 12.1 Å². The summed E-state index contributed by atoms with van der Waals surface area (Å²) < 4.78 is 37.8. The number of amides is 1. The molecule has 1 aromatic carbocycles. The smallest absolute Gasteiger partial charge is 0.334 e. The van der Waals surface area contributed by atoms with E-state index in [0.717, 1.165) is 37.1 Å². The Hall–Kier alpha value is -1.27. The highest BCUT2D eigenvalue weighted by Gasteiger charge is 2.33. The minimum Gasteiger partial charge on any atom is -0.334 e. The number of hydrogen-bond donors (Lipinski definition) is 1. The minimum absolute atomic E-state index is 0. The summed E-state index contributed by atoms with van der Waals surface area (Å²) in [4.78, 5) is 14.1. The van der Waals surface area contributed by atoms with Crippen LogP contribution in [0.4, 0.5) is 13.2 Å². The largest absolute Gasteiger partial charge is 0.416 e. The first kappa shape index (κ1) is 19.1. The third-order valence-electron chi connectivity index (χ3n) is 4.35.